The van der Waals surface area contributed by atoms with Crippen molar-refractivity contribution in [2.24, 2.45) is 0 Å². The summed E-state index contributed by atoms with van der Waals surface area (Å²) in [4.78, 5) is 3.24. The number of rotatable bonds is 5. The standard InChI is InChI=1S/C14H19NO2/c1-10(2)17-12-5-6-14-13(8-12)11(9-15-14)4-3-7-16/h5-6,8-10,15-16H,3-4,7H2,1-2H3. The normalized spacial score (nSPS) is 11.3. The summed E-state index contributed by atoms with van der Waals surface area (Å²) in [6, 6.07) is 6.09. The molecule has 2 aromatic rings. The van der Waals surface area contributed by atoms with Crippen LogP contribution in [-0.4, -0.2) is 22.8 Å². The quantitative estimate of drug-likeness (QED) is 0.834. The van der Waals surface area contributed by atoms with Crippen molar-refractivity contribution in [2.75, 3.05) is 6.61 Å². The molecule has 17 heavy (non-hydrogen) atoms. The number of benzene rings is 1. The molecule has 3 nitrogen and oxygen atoms in total. The number of aliphatic hydroxyl groups excluding tert-OH is 1. The van der Waals surface area contributed by atoms with Crippen LogP contribution >= 0.6 is 0 Å². The molecule has 0 aliphatic rings. The molecule has 2 N–H and O–H groups in total. The van der Waals surface area contributed by atoms with Gasteiger partial charge in [0.05, 0.1) is 6.10 Å². The Labute approximate surface area is 101 Å². The van der Waals surface area contributed by atoms with Crippen molar-refractivity contribution in [3.8, 4) is 5.75 Å². The van der Waals surface area contributed by atoms with E-state index in [9.17, 15) is 0 Å². The number of aliphatic hydroxyl groups is 1. The number of hydrogen-bond acceptors (Lipinski definition) is 2. The van der Waals surface area contributed by atoms with Crippen molar-refractivity contribution in [1.82, 2.24) is 4.98 Å². The molecule has 0 spiro atoms. The van der Waals surface area contributed by atoms with Crippen LogP contribution in [0.2, 0.25) is 0 Å². The second-order valence-electron chi connectivity index (χ2n) is 4.52. The van der Waals surface area contributed by atoms with E-state index in [0.29, 0.717) is 0 Å². The lowest BCUT2D eigenvalue weighted by atomic mass is 10.1. The molecule has 1 heterocycles. The van der Waals surface area contributed by atoms with E-state index in [-0.39, 0.29) is 12.7 Å². The first-order valence-corrected chi connectivity index (χ1v) is 6.08. The molecule has 0 saturated carbocycles. The van der Waals surface area contributed by atoms with Gasteiger partial charge in [0.15, 0.2) is 0 Å². The van der Waals surface area contributed by atoms with Gasteiger partial charge in [0.2, 0.25) is 0 Å². The Morgan fingerprint density at radius 3 is 2.88 bits per heavy atom. The predicted molar refractivity (Wildman–Crippen MR) is 69.5 cm³/mol. The molecular weight excluding hydrogens is 214 g/mol. The Bertz CT molecular complexity index is 488. The summed E-state index contributed by atoms with van der Waals surface area (Å²) in [5, 5.41) is 10.1. The van der Waals surface area contributed by atoms with Crippen LogP contribution in [0.25, 0.3) is 10.9 Å². The fourth-order valence-electron chi connectivity index (χ4n) is 1.98. The Morgan fingerprint density at radius 2 is 2.18 bits per heavy atom. The van der Waals surface area contributed by atoms with Gasteiger partial charge in [-0.3, -0.25) is 0 Å². The van der Waals surface area contributed by atoms with Crippen LogP contribution in [0.15, 0.2) is 24.4 Å². The monoisotopic (exact) mass is 233 g/mol. The van der Waals surface area contributed by atoms with Gasteiger partial charge in [-0.05, 0) is 50.5 Å². The van der Waals surface area contributed by atoms with Crippen LogP contribution in [0.4, 0.5) is 0 Å². The smallest absolute Gasteiger partial charge is 0.120 e. The third-order valence-corrected chi connectivity index (χ3v) is 2.71. The molecule has 0 atom stereocenters. The molecule has 2 rings (SSSR count). The summed E-state index contributed by atoms with van der Waals surface area (Å²) in [7, 11) is 0. The lowest BCUT2D eigenvalue weighted by Crippen LogP contribution is -2.05. The SMILES string of the molecule is CC(C)Oc1ccc2[nH]cc(CCCO)c2c1. The van der Waals surface area contributed by atoms with Crippen molar-refractivity contribution in [2.45, 2.75) is 32.8 Å². The van der Waals surface area contributed by atoms with Gasteiger partial charge in [0.25, 0.3) is 0 Å². The minimum Gasteiger partial charge on any atom is -0.491 e. The van der Waals surface area contributed by atoms with Crippen LogP contribution in [0, 0.1) is 0 Å². The maximum Gasteiger partial charge on any atom is 0.120 e. The van der Waals surface area contributed by atoms with E-state index >= 15 is 0 Å². The van der Waals surface area contributed by atoms with E-state index in [1.807, 2.05) is 32.2 Å². The number of aromatic nitrogens is 1. The van der Waals surface area contributed by atoms with Gasteiger partial charge in [0.1, 0.15) is 5.75 Å². The Morgan fingerprint density at radius 1 is 1.35 bits per heavy atom. The maximum atomic E-state index is 8.88. The second-order valence-corrected chi connectivity index (χ2v) is 4.52. The van der Waals surface area contributed by atoms with E-state index in [1.54, 1.807) is 0 Å². The average Bonchev–Trinajstić information content (AvgIpc) is 2.68. The van der Waals surface area contributed by atoms with Gasteiger partial charge in [-0.15, -0.1) is 0 Å². The first-order chi connectivity index (χ1) is 8.20. The van der Waals surface area contributed by atoms with Gasteiger partial charge in [0, 0.05) is 23.7 Å². The molecule has 1 aromatic heterocycles. The van der Waals surface area contributed by atoms with Crippen molar-refractivity contribution in [3.05, 3.63) is 30.0 Å². The zero-order chi connectivity index (χ0) is 12.3. The van der Waals surface area contributed by atoms with E-state index in [4.69, 9.17) is 9.84 Å². The van der Waals surface area contributed by atoms with Gasteiger partial charge in [-0.1, -0.05) is 0 Å². The molecule has 0 unspecified atom stereocenters. The number of aryl methyl sites for hydroxylation is 1. The lowest BCUT2D eigenvalue weighted by molar-refractivity contribution is 0.243. The van der Waals surface area contributed by atoms with Crippen LogP contribution in [0.3, 0.4) is 0 Å². The van der Waals surface area contributed by atoms with Gasteiger partial charge in [-0.25, -0.2) is 0 Å². The Balaban J connectivity index is 2.29. The molecule has 0 bridgehead atoms. The lowest BCUT2D eigenvalue weighted by Gasteiger charge is -2.09. The van der Waals surface area contributed by atoms with Crippen molar-refractivity contribution < 1.29 is 9.84 Å². The average molecular weight is 233 g/mol. The molecule has 0 amide bonds. The van der Waals surface area contributed by atoms with Gasteiger partial charge in [-0.2, -0.15) is 0 Å². The third-order valence-electron chi connectivity index (χ3n) is 2.71. The zero-order valence-electron chi connectivity index (χ0n) is 10.4. The molecule has 0 radical (unpaired) electrons. The Kier molecular flexibility index (Phi) is 3.69. The summed E-state index contributed by atoms with van der Waals surface area (Å²) in [6.07, 6.45) is 3.89. The highest BCUT2D eigenvalue weighted by Crippen LogP contribution is 2.25. The molecule has 92 valence electrons. The minimum absolute atomic E-state index is 0.187. The number of fused-ring (bicyclic) bond motifs is 1. The number of hydrogen-bond donors (Lipinski definition) is 2. The number of nitrogens with one attached hydrogen (secondary N) is 1. The predicted octanol–water partition coefficient (Wildman–Crippen LogP) is 2.88. The topological polar surface area (TPSA) is 45.2 Å². The van der Waals surface area contributed by atoms with Crippen LogP contribution in [-0.2, 0) is 6.42 Å². The number of H-pyrrole nitrogens is 1. The first kappa shape index (κ1) is 12.0. The number of ether oxygens (including phenoxy) is 1. The molecule has 0 saturated heterocycles. The van der Waals surface area contributed by atoms with E-state index in [0.717, 1.165) is 24.1 Å². The summed E-state index contributed by atoms with van der Waals surface area (Å²) in [5.41, 5.74) is 2.36. The highest BCUT2D eigenvalue weighted by atomic mass is 16.5. The van der Waals surface area contributed by atoms with E-state index in [2.05, 4.69) is 11.1 Å². The molecule has 1 aromatic carbocycles. The minimum atomic E-state index is 0.187. The van der Waals surface area contributed by atoms with E-state index in [1.165, 1.54) is 10.9 Å². The maximum absolute atomic E-state index is 8.88. The van der Waals surface area contributed by atoms with Gasteiger partial charge < -0.3 is 14.8 Å². The van der Waals surface area contributed by atoms with Crippen molar-refractivity contribution in [1.29, 1.82) is 0 Å². The highest BCUT2D eigenvalue weighted by molar-refractivity contribution is 5.84. The first-order valence-electron chi connectivity index (χ1n) is 6.08. The van der Waals surface area contributed by atoms with Crippen LogP contribution in [0.5, 0.6) is 5.75 Å². The van der Waals surface area contributed by atoms with Crippen LogP contribution in [0.1, 0.15) is 25.8 Å². The van der Waals surface area contributed by atoms with Crippen molar-refractivity contribution in [3.63, 3.8) is 0 Å². The molecule has 3 heteroatoms. The third kappa shape index (κ3) is 2.80. The molecule has 0 aliphatic carbocycles. The zero-order valence-corrected chi connectivity index (χ0v) is 10.4. The number of aromatic amines is 1. The largest absolute Gasteiger partial charge is 0.491 e. The summed E-state index contributed by atoms with van der Waals surface area (Å²) in [5.74, 6) is 0.900. The summed E-state index contributed by atoms with van der Waals surface area (Å²) < 4.78 is 5.69. The fourth-order valence-corrected chi connectivity index (χ4v) is 1.98. The fraction of sp³-hybridized carbons (Fsp3) is 0.429. The second kappa shape index (κ2) is 5.23. The molecule has 0 fully saturated rings. The van der Waals surface area contributed by atoms with Crippen molar-refractivity contribution >= 4 is 10.9 Å². The summed E-state index contributed by atoms with van der Waals surface area (Å²) >= 11 is 0. The van der Waals surface area contributed by atoms with Gasteiger partial charge >= 0.3 is 0 Å². The Hall–Kier alpha value is -1.48. The summed E-state index contributed by atoms with van der Waals surface area (Å²) in [6.45, 7) is 4.27. The molecule has 0 aliphatic heterocycles. The molecular formula is C14H19NO2. The highest BCUT2D eigenvalue weighted by Gasteiger charge is 2.05. The van der Waals surface area contributed by atoms with E-state index < -0.39 is 0 Å². The van der Waals surface area contributed by atoms with Crippen LogP contribution < -0.4 is 4.74 Å².